The second kappa shape index (κ2) is 6.64. The first kappa shape index (κ1) is 14.0. The van der Waals surface area contributed by atoms with Crippen molar-refractivity contribution in [3.8, 4) is 5.75 Å². The highest BCUT2D eigenvalue weighted by Gasteiger charge is 2.14. The Morgan fingerprint density at radius 1 is 0.857 bits per heavy atom. The van der Waals surface area contributed by atoms with E-state index in [0.29, 0.717) is 12.3 Å². The van der Waals surface area contributed by atoms with Gasteiger partial charge in [0.15, 0.2) is 0 Å². The van der Waals surface area contributed by atoms with Crippen LogP contribution >= 0.6 is 0 Å². The molecule has 0 aromatic heterocycles. The fraction of sp³-hybridized carbons (Fsp3) is 0.333. The van der Waals surface area contributed by atoms with Crippen LogP contribution in [0.3, 0.4) is 0 Å². The summed E-state index contributed by atoms with van der Waals surface area (Å²) >= 11 is 0. The molecule has 110 valence electrons. The molecule has 0 amide bonds. The van der Waals surface area contributed by atoms with Gasteiger partial charge < -0.3 is 15.3 Å². The number of aromatic hydroxyl groups is 1. The number of rotatable bonds is 5. The predicted octanol–water partition coefficient (Wildman–Crippen LogP) is 3.28. The first-order valence-electron chi connectivity index (χ1n) is 7.65. The van der Waals surface area contributed by atoms with Gasteiger partial charge in [0.25, 0.3) is 0 Å². The lowest BCUT2D eigenvalue weighted by atomic mass is 10.1. The molecule has 1 fully saturated rings. The van der Waals surface area contributed by atoms with Gasteiger partial charge in [0, 0.05) is 37.4 Å². The molecule has 0 bridgehead atoms. The number of para-hydroxylation sites is 2. The van der Waals surface area contributed by atoms with Crippen LogP contribution in [0.25, 0.3) is 0 Å². The number of hydrogen-bond acceptors (Lipinski definition) is 3. The van der Waals surface area contributed by atoms with E-state index in [1.54, 1.807) is 6.07 Å². The Morgan fingerprint density at radius 3 is 2.24 bits per heavy atom. The molecule has 0 saturated carbocycles. The van der Waals surface area contributed by atoms with Gasteiger partial charge in [0.05, 0.1) is 0 Å². The van der Waals surface area contributed by atoms with Crippen LogP contribution in [0, 0.1) is 0 Å². The maximum Gasteiger partial charge on any atom is 0.120 e. The fourth-order valence-corrected chi connectivity index (χ4v) is 2.92. The minimum absolute atomic E-state index is 0.359. The lowest BCUT2D eigenvalue weighted by Gasteiger charge is -2.21. The zero-order valence-corrected chi connectivity index (χ0v) is 12.3. The van der Waals surface area contributed by atoms with E-state index < -0.39 is 0 Å². The number of phenols is 1. The van der Waals surface area contributed by atoms with Gasteiger partial charge in [-0.2, -0.15) is 0 Å². The Bertz CT molecular complexity index is 591. The Balaban J connectivity index is 1.64. The van der Waals surface area contributed by atoms with Gasteiger partial charge in [-0.05, 0) is 30.5 Å². The molecule has 3 nitrogen and oxygen atoms in total. The standard InChI is InChI=1S/C18H22N2O/c21-18-10-4-2-8-16(18)14-19-13-15-7-1-3-9-17(15)20-11-5-6-12-20/h1-4,7-10,19,21H,5-6,11-14H2. The molecular formula is C18H22N2O. The number of nitrogens with zero attached hydrogens (tertiary/aromatic N) is 1. The van der Waals surface area contributed by atoms with Crippen molar-refractivity contribution in [1.82, 2.24) is 5.32 Å². The summed E-state index contributed by atoms with van der Waals surface area (Å²) in [4.78, 5) is 2.47. The van der Waals surface area contributed by atoms with Crippen LogP contribution in [0.1, 0.15) is 24.0 Å². The molecule has 1 heterocycles. The molecule has 21 heavy (non-hydrogen) atoms. The molecule has 2 aromatic rings. The van der Waals surface area contributed by atoms with Crippen LogP contribution in [0.4, 0.5) is 5.69 Å². The van der Waals surface area contributed by atoms with E-state index in [2.05, 4.69) is 34.5 Å². The van der Waals surface area contributed by atoms with Crippen LogP contribution < -0.4 is 10.2 Å². The van der Waals surface area contributed by atoms with Crippen molar-refractivity contribution >= 4 is 5.69 Å². The summed E-state index contributed by atoms with van der Waals surface area (Å²) in [7, 11) is 0. The smallest absolute Gasteiger partial charge is 0.120 e. The van der Waals surface area contributed by atoms with E-state index in [1.807, 2.05) is 18.2 Å². The highest BCUT2D eigenvalue weighted by atomic mass is 16.3. The molecule has 1 saturated heterocycles. The molecule has 0 atom stereocenters. The van der Waals surface area contributed by atoms with Gasteiger partial charge in [-0.3, -0.25) is 0 Å². The number of hydrogen-bond donors (Lipinski definition) is 2. The summed E-state index contributed by atoms with van der Waals surface area (Å²) in [5.74, 6) is 0.359. The molecule has 1 aliphatic rings. The molecule has 0 spiro atoms. The van der Waals surface area contributed by atoms with Crippen LogP contribution in [0.15, 0.2) is 48.5 Å². The topological polar surface area (TPSA) is 35.5 Å². The summed E-state index contributed by atoms with van der Waals surface area (Å²) in [5.41, 5.74) is 3.62. The van der Waals surface area contributed by atoms with Crippen LogP contribution in [0.2, 0.25) is 0 Å². The van der Waals surface area contributed by atoms with E-state index in [4.69, 9.17) is 0 Å². The lowest BCUT2D eigenvalue weighted by Crippen LogP contribution is -2.21. The maximum atomic E-state index is 9.79. The van der Waals surface area contributed by atoms with Crippen molar-refractivity contribution in [2.45, 2.75) is 25.9 Å². The zero-order chi connectivity index (χ0) is 14.5. The summed E-state index contributed by atoms with van der Waals surface area (Å²) in [6.07, 6.45) is 2.58. The molecule has 3 rings (SSSR count). The second-order valence-corrected chi connectivity index (χ2v) is 5.56. The average Bonchev–Trinajstić information content (AvgIpc) is 3.04. The normalized spacial score (nSPS) is 14.6. The third kappa shape index (κ3) is 3.37. The van der Waals surface area contributed by atoms with E-state index in [-0.39, 0.29) is 0 Å². The first-order valence-corrected chi connectivity index (χ1v) is 7.65. The van der Waals surface area contributed by atoms with E-state index in [1.165, 1.54) is 24.1 Å². The van der Waals surface area contributed by atoms with Gasteiger partial charge in [-0.15, -0.1) is 0 Å². The molecule has 0 unspecified atom stereocenters. The predicted molar refractivity (Wildman–Crippen MR) is 86.5 cm³/mol. The Hall–Kier alpha value is -2.00. The largest absolute Gasteiger partial charge is 0.508 e. The number of phenolic OH excluding ortho intramolecular Hbond substituents is 1. The molecule has 1 aliphatic heterocycles. The Labute approximate surface area is 126 Å². The molecule has 0 radical (unpaired) electrons. The third-order valence-corrected chi connectivity index (χ3v) is 4.06. The highest BCUT2D eigenvalue weighted by Crippen LogP contribution is 2.24. The van der Waals surface area contributed by atoms with Crippen LogP contribution in [-0.2, 0) is 13.1 Å². The van der Waals surface area contributed by atoms with Crippen molar-refractivity contribution in [2.24, 2.45) is 0 Å². The average molecular weight is 282 g/mol. The fourth-order valence-electron chi connectivity index (χ4n) is 2.92. The van der Waals surface area contributed by atoms with Crippen LogP contribution in [-0.4, -0.2) is 18.2 Å². The quantitative estimate of drug-likeness (QED) is 0.883. The minimum atomic E-state index is 0.359. The summed E-state index contributed by atoms with van der Waals surface area (Å²) in [6.45, 7) is 3.83. The Morgan fingerprint density at radius 2 is 1.48 bits per heavy atom. The number of benzene rings is 2. The maximum absolute atomic E-state index is 9.79. The molecule has 0 aliphatic carbocycles. The summed E-state index contributed by atoms with van der Waals surface area (Å²) in [6, 6.07) is 16.1. The molecule has 3 heteroatoms. The molecular weight excluding hydrogens is 260 g/mol. The van der Waals surface area contributed by atoms with Gasteiger partial charge in [0.2, 0.25) is 0 Å². The number of nitrogens with one attached hydrogen (secondary N) is 1. The first-order chi connectivity index (χ1) is 10.3. The zero-order valence-electron chi connectivity index (χ0n) is 12.3. The third-order valence-electron chi connectivity index (χ3n) is 4.06. The lowest BCUT2D eigenvalue weighted by molar-refractivity contribution is 0.464. The van der Waals surface area contributed by atoms with Crippen molar-refractivity contribution in [1.29, 1.82) is 0 Å². The van der Waals surface area contributed by atoms with E-state index in [9.17, 15) is 5.11 Å². The van der Waals surface area contributed by atoms with Gasteiger partial charge in [-0.25, -0.2) is 0 Å². The SMILES string of the molecule is Oc1ccccc1CNCc1ccccc1N1CCCC1. The van der Waals surface area contributed by atoms with Gasteiger partial charge in [0.1, 0.15) is 5.75 Å². The van der Waals surface area contributed by atoms with E-state index in [0.717, 1.165) is 25.2 Å². The van der Waals surface area contributed by atoms with Crippen molar-refractivity contribution in [3.05, 3.63) is 59.7 Å². The monoisotopic (exact) mass is 282 g/mol. The van der Waals surface area contributed by atoms with Gasteiger partial charge in [-0.1, -0.05) is 36.4 Å². The minimum Gasteiger partial charge on any atom is -0.508 e. The second-order valence-electron chi connectivity index (χ2n) is 5.56. The molecule has 2 N–H and O–H groups in total. The summed E-state index contributed by atoms with van der Waals surface area (Å²) in [5, 5.41) is 13.2. The van der Waals surface area contributed by atoms with Crippen molar-refractivity contribution in [2.75, 3.05) is 18.0 Å². The van der Waals surface area contributed by atoms with E-state index >= 15 is 0 Å². The highest BCUT2D eigenvalue weighted by molar-refractivity contribution is 5.54. The number of anilines is 1. The Kier molecular flexibility index (Phi) is 4.41. The van der Waals surface area contributed by atoms with Crippen molar-refractivity contribution < 1.29 is 5.11 Å². The van der Waals surface area contributed by atoms with Crippen molar-refractivity contribution in [3.63, 3.8) is 0 Å². The van der Waals surface area contributed by atoms with Crippen LogP contribution in [0.5, 0.6) is 5.75 Å². The van der Waals surface area contributed by atoms with Gasteiger partial charge >= 0.3 is 0 Å². The molecule has 2 aromatic carbocycles. The summed E-state index contributed by atoms with van der Waals surface area (Å²) < 4.78 is 0.